The molecule has 1 aliphatic heterocycles. The van der Waals surface area contributed by atoms with E-state index in [0.29, 0.717) is 0 Å². The highest BCUT2D eigenvalue weighted by Crippen LogP contribution is 2.21. The van der Waals surface area contributed by atoms with E-state index >= 15 is 0 Å². The van der Waals surface area contributed by atoms with Gasteiger partial charge in [0.2, 0.25) is 6.54 Å². The molecule has 0 saturated carbocycles. The molecule has 9 heteroatoms. The van der Waals surface area contributed by atoms with Crippen molar-refractivity contribution in [1.29, 1.82) is 0 Å². The van der Waals surface area contributed by atoms with Gasteiger partial charge >= 0.3 is 0 Å². The van der Waals surface area contributed by atoms with Gasteiger partial charge < -0.3 is 29.9 Å². The first-order valence-corrected chi connectivity index (χ1v) is 5.51. The number of ether oxygens (including phenoxy) is 2. The van der Waals surface area contributed by atoms with Crippen LogP contribution in [0, 0.1) is 10.1 Å². The molecular weight excluding hydrogens is 250 g/mol. The molecule has 5 atom stereocenters. The first-order valence-electron chi connectivity index (χ1n) is 5.51. The maximum atomic E-state index is 10.1. The molecule has 0 radical (unpaired) electrons. The molecule has 0 aromatic heterocycles. The van der Waals surface area contributed by atoms with E-state index in [2.05, 4.69) is 0 Å². The Bertz CT molecular complexity index is 273. The molecule has 0 aromatic rings. The number of hydrogen-bond acceptors (Lipinski definition) is 8. The van der Waals surface area contributed by atoms with Gasteiger partial charge in [-0.3, -0.25) is 10.1 Å². The Balaban J connectivity index is 2.41. The summed E-state index contributed by atoms with van der Waals surface area (Å²) in [4.78, 5) is 9.57. The van der Waals surface area contributed by atoms with Crippen LogP contribution in [0.1, 0.15) is 6.42 Å². The number of hydrogen-bond donors (Lipinski definition) is 4. The molecule has 0 unspecified atom stereocenters. The molecule has 9 nitrogen and oxygen atoms in total. The number of aliphatic hydroxyl groups excluding tert-OH is 4. The average Bonchev–Trinajstić information content (AvgIpc) is 2.34. The van der Waals surface area contributed by atoms with Crippen LogP contribution < -0.4 is 0 Å². The van der Waals surface area contributed by atoms with E-state index in [1.807, 2.05) is 0 Å². The number of nitrogens with zero attached hydrogens (tertiary/aromatic N) is 1. The SMILES string of the molecule is O=[N+]([O-])CCCO[C@@H]1O[C@@H](CO)[C@H](O)[C@H](O)[C@H]1O. The van der Waals surface area contributed by atoms with E-state index < -0.39 is 42.2 Å². The van der Waals surface area contributed by atoms with E-state index in [9.17, 15) is 25.4 Å². The molecular formula is C9H17NO8. The van der Waals surface area contributed by atoms with Gasteiger partial charge in [0.25, 0.3) is 0 Å². The quantitative estimate of drug-likeness (QED) is 0.234. The van der Waals surface area contributed by atoms with Gasteiger partial charge in [-0.1, -0.05) is 0 Å². The Morgan fingerprint density at radius 1 is 1.22 bits per heavy atom. The summed E-state index contributed by atoms with van der Waals surface area (Å²) in [5, 5.41) is 47.4. The minimum absolute atomic E-state index is 0.0380. The third-order valence-electron chi connectivity index (χ3n) is 2.62. The largest absolute Gasteiger partial charge is 0.394 e. The van der Waals surface area contributed by atoms with Crippen molar-refractivity contribution in [2.45, 2.75) is 37.1 Å². The zero-order chi connectivity index (χ0) is 13.7. The maximum Gasteiger partial charge on any atom is 0.206 e. The van der Waals surface area contributed by atoms with Gasteiger partial charge in [0, 0.05) is 11.3 Å². The van der Waals surface area contributed by atoms with Crippen molar-refractivity contribution < 1.29 is 34.8 Å². The van der Waals surface area contributed by atoms with Crippen molar-refractivity contribution in [2.24, 2.45) is 0 Å². The Labute approximate surface area is 103 Å². The van der Waals surface area contributed by atoms with Gasteiger partial charge in [-0.25, -0.2) is 0 Å². The standard InChI is InChI=1S/C9H17NO8/c11-4-5-6(12)7(13)8(14)9(18-5)17-3-1-2-10(15)16/h5-9,11-14H,1-4H2/t5-,6-,7-,8+,9+/m0/s1. The monoisotopic (exact) mass is 267 g/mol. The lowest BCUT2D eigenvalue weighted by atomic mass is 9.99. The fourth-order valence-corrected chi connectivity index (χ4v) is 1.60. The molecule has 4 N–H and O–H groups in total. The van der Waals surface area contributed by atoms with Crippen molar-refractivity contribution in [3.8, 4) is 0 Å². The van der Waals surface area contributed by atoms with Crippen LogP contribution in [0.25, 0.3) is 0 Å². The molecule has 1 heterocycles. The van der Waals surface area contributed by atoms with Crippen LogP contribution in [0.5, 0.6) is 0 Å². The lowest BCUT2D eigenvalue weighted by Crippen LogP contribution is -2.59. The van der Waals surface area contributed by atoms with Gasteiger partial charge in [0.1, 0.15) is 24.4 Å². The molecule has 1 fully saturated rings. The summed E-state index contributed by atoms with van der Waals surface area (Å²) in [7, 11) is 0. The van der Waals surface area contributed by atoms with E-state index in [-0.39, 0.29) is 19.6 Å². The van der Waals surface area contributed by atoms with Crippen LogP contribution in [-0.4, -0.2) is 75.8 Å². The van der Waals surface area contributed by atoms with E-state index in [4.69, 9.17) is 14.6 Å². The van der Waals surface area contributed by atoms with Crippen molar-refractivity contribution in [2.75, 3.05) is 19.8 Å². The third-order valence-corrected chi connectivity index (χ3v) is 2.62. The van der Waals surface area contributed by atoms with Crippen LogP contribution in [-0.2, 0) is 9.47 Å². The Hall–Kier alpha value is -0.840. The summed E-state index contributed by atoms with van der Waals surface area (Å²) in [6.45, 7) is -0.860. The Morgan fingerprint density at radius 2 is 1.89 bits per heavy atom. The van der Waals surface area contributed by atoms with Crippen LogP contribution in [0.15, 0.2) is 0 Å². The summed E-state index contributed by atoms with van der Waals surface area (Å²) in [5.41, 5.74) is 0. The lowest BCUT2D eigenvalue weighted by Gasteiger charge is -2.39. The van der Waals surface area contributed by atoms with E-state index in [0.717, 1.165) is 0 Å². The van der Waals surface area contributed by atoms with Crippen molar-refractivity contribution in [3.63, 3.8) is 0 Å². The highest BCUT2D eigenvalue weighted by Gasteiger charge is 2.43. The van der Waals surface area contributed by atoms with Crippen LogP contribution >= 0.6 is 0 Å². The van der Waals surface area contributed by atoms with Crippen LogP contribution in [0.3, 0.4) is 0 Å². The first kappa shape index (κ1) is 15.2. The molecule has 0 amide bonds. The second kappa shape index (κ2) is 6.92. The summed E-state index contributed by atoms with van der Waals surface area (Å²) in [6.07, 6.45) is -6.56. The molecule has 0 aliphatic carbocycles. The van der Waals surface area contributed by atoms with Crippen LogP contribution in [0.4, 0.5) is 0 Å². The van der Waals surface area contributed by atoms with Crippen molar-refractivity contribution in [3.05, 3.63) is 10.1 Å². The topological polar surface area (TPSA) is 143 Å². The third kappa shape index (κ3) is 3.83. The average molecular weight is 267 g/mol. The molecule has 0 aromatic carbocycles. The maximum absolute atomic E-state index is 10.1. The normalized spacial score (nSPS) is 36.6. The fourth-order valence-electron chi connectivity index (χ4n) is 1.60. The fraction of sp³-hybridized carbons (Fsp3) is 1.00. The van der Waals surface area contributed by atoms with Crippen molar-refractivity contribution >= 4 is 0 Å². The van der Waals surface area contributed by atoms with Gasteiger partial charge in [-0.15, -0.1) is 0 Å². The first-order chi connectivity index (χ1) is 8.47. The molecule has 18 heavy (non-hydrogen) atoms. The second-order valence-corrected chi connectivity index (χ2v) is 3.98. The number of aliphatic hydroxyl groups is 4. The van der Waals surface area contributed by atoms with Gasteiger partial charge in [-0.05, 0) is 0 Å². The zero-order valence-electron chi connectivity index (χ0n) is 9.58. The predicted molar refractivity (Wildman–Crippen MR) is 56.2 cm³/mol. The molecule has 1 saturated heterocycles. The lowest BCUT2D eigenvalue weighted by molar-refractivity contribution is -0.481. The number of nitro groups is 1. The second-order valence-electron chi connectivity index (χ2n) is 3.98. The molecule has 0 spiro atoms. The molecule has 0 bridgehead atoms. The summed E-state index contributed by atoms with van der Waals surface area (Å²) >= 11 is 0. The highest BCUT2D eigenvalue weighted by molar-refractivity contribution is 4.88. The summed E-state index contributed by atoms with van der Waals surface area (Å²) in [5.74, 6) is 0. The van der Waals surface area contributed by atoms with Gasteiger partial charge in [0.15, 0.2) is 6.29 Å². The highest BCUT2D eigenvalue weighted by atomic mass is 16.7. The molecule has 106 valence electrons. The summed E-state index contributed by atoms with van der Waals surface area (Å²) < 4.78 is 10.1. The smallest absolute Gasteiger partial charge is 0.206 e. The van der Waals surface area contributed by atoms with Crippen LogP contribution in [0.2, 0.25) is 0 Å². The van der Waals surface area contributed by atoms with Gasteiger partial charge in [-0.2, -0.15) is 0 Å². The number of rotatable bonds is 6. The molecule has 1 rings (SSSR count). The summed E-state index contributed by atoms with van der Waals surface area (Å²) in [6, 6.07) is 0. The predicted octanol–water partition coefficient (Wildman–Crippen LogP) is -2.53. The zero-order valence-corrected chi connectivity index (χ0v) is 9.58. The molecule has 1 aliphatic rings. The van der Waals surface area contributed by atoms with Crippen molar-refractivity contribution in [1.82, 2.24) is 0 Å². The van der Waals surface area contributed by atoms with Gasteiger partial charge in [0.05, 0.1) is 13.2 Å². The minimum Gasteiger partial charge on any atom is -0.394 e. The Morgan fingerprint density at radius 3 is 2.44 bits per heavy atom. The Kier molecular flexibility index (Phi) is 5.85. The van der Waals surface area contributed by atoms with E-state index in [1.165, 1.54) is 0 Å². The minimum atomic E-state index is -1.50. The van der Waals surface area contributed by atoms with E-state index in [1.54, 1.807) is 0 Å².